The highest BCUT2D eigenvalue weighted by atomic mass is 127. The number of aromatic nitrogens is 2. The van der Waals surface area contributed by atoms with Crippen LogP contribution in [0.3, 0.4) is 0 Å². The van der Waals surface area contributed by atoms with Crippen molar-refractivity contribution in [1.82, 2.24) is 9.97 Å². The van der Waals surface area contributed by atoms with Crippen LogP contribution in [-0.4, -0.2) is 26.8 Å². The minimum atomic E-state index is -1.19. The summed E-state index contributed by atoms with van der Waals surface area (Å²) in [6.45, 7) is 1.83. The Labute approximate surface area is 94.6 Å². The summed E-state index contributed by atoms with van der Waals surface area (Å²) in [4.78, 5) is 17.6. The lowest BCUT2D eigenvalue weighted by Crippen LogP contribution is -2.21. The zero-order valence-corrected chi connectivity index (χ0v) is 9.70. The first-order chi connectivity index (χ1) is 6.56. The second-order valence-corrected chi connectivity index (χ2v) is 3.96. The van der Waals surface area contributed by atoms with E-state index in [-0.39, 0.29) is 5.71 Å². The number of aliphatic carboxylic acids is 1. The van der Waals surface area contributed by atoms with Crippen LogP contribution in [0.15, 0.2) is 6.20 Å². The number of rotatable bonds is 4. The minimum absolute atomic E-state index is 0.321. The number of nitrogens with zero attached hydrogens (tertiary/aromatic N) is 1. The Morgan fingerprint density at radius 3 is 2.86 bits per heavy atom. The number of carboxylic acids is 1. The van der Waals surface area contributed by atoms with Gasteiger partial charge in [0.1, 0.15) is 11.5 Å². The first kappa shape index (κ1) is 11.2. The van der Waals surface area contributed by atoms with E-state index in [2.05, 4.69) is 32.6 Å². The standard InChI is InChI=1S/C8H10IN3O2/c1-2-4(6(10)8(13)14)7-11-3-5(9)12-7/h3-4,10H,2H2,1H3,(H,11,12)(H,13,14)/t4-/m0/s1. The molecule has 3 N–H and O–H groups in total. The zero-order chi connectivity index (χ0) is 10.7. The van der Waals surface area contributed by atoms with E-state index in [1.165, 1.54) is 0 Å². The van der Waals surface area contributed by atoms with Crippen molar-refractivity contribution in [2.45, 2.75) is 19.3 Å². The highest BCUT2D eigenvalue weighted by Gasteiger charge is 2.23. The van der Waals surface area contributed by atoms with Crippen molar-refractivity contribution in [3.8, 4) is 0 Å². The number of hydrogen-bond donors (Lipinski definition) is 3. The second kappa shape index (κ2) is 4.54. The molecule has 1 heterocycles. The monoisotopic (exact) mass is 307 g/mol. The Kier molecular flexibility index (Phi) is 3.62. The van der Waals surface area contributed by atoms with Gasteiger partial charge in [-0.15, -0.1) is 0 Å². The molecule has 0 aliphatic heterocycles. The Morgan fingerprint density at radius 2 is 2.50 bits per heavy atom. The van der Waals surface area contributed by atoms with Crippen molar-refractivity contribution < 1.29 is 9.90 Å². The van der Waals surface area contributed by atoms with Gasteiger partial charge in [-0.3, -0.25) is 5.41 Å². The molecular weight excluding hydrogens is 297 g/mol. The number of halogens is 1. The molecule has 0 amide bonds. The lowest BCUT2D eigenvalue weighted by molar-refractivity contribution is -0.129. The molecule has 0 aliphatic carbocycles. The highest BCUT2D eigenvalue weighted by molar-refractivity contribution is 14.1. The number of carboxylic acid groups (broad SMARTS) is 1. The molecule has 1 atom stereocenters. The molecule has 0 spiro atoms. The number of H-pyrrole nitrogens is 1. The fourth-order valence-electron chi connectivity index (χ4n) is 1.17. The van der Waals surface area contributed by atoms with E-state index in [1.807, 2.05) is 6.92 Å². The van der Waals surface area contributed by atoms with Gasteiger partial charge in [0, 0.05) is 0 Å². The molecule has 76 valence electrons. The van der Waals surface area contributed by atoms with Crippen LogP contribution in [0.25, 0.3) is 0 Å². The fourth-order valence-corrected chi connectivity index (χ4v) is 1.59. The largest absolute Gasteiger partial charge is 0.477 e. The highest BCUT2D eigenvalue weighted by Crippen LogP contribution is 2.18. The molecule has 1 aromatic rings. The summed E-state index contributed by atoms with van der Waals surface area (Å²) in [5, 5.41) is 16.1. The van der Waals surface area contributed by atoms with E-state index < -0.39 is 11.9 Å². The lowest BCUT2D eigenvalue weighted by Gasteiger charge is -2.09. The van der Waals surface area contributed by atoms with Gasteiger partial charge in [0.2, 0.25) is 0 Å². The normalized spacial score (nSPS) is 12.4. The van der Waals surface area contributed by atoms with Gasteiger partial charge in [-0.2, -0.15) is 0 Å². The summed E-state index contributed by atoms with van der Waals surface area (Å²) in [5.41, 5.74) is -0.321. The van der Waals surface area contributed by atoms with Gasteiger partial charge in [0.05, 0.1) is 15.8 Å². The Balaban J connectivity index is 2.92. The summed E-state index contributed by atoms with van der Waals surface area (Å²) in [5.74, 6) is -1.09. The van der Waals surface area contributed by atoms with E-state index in [1.54, 1.807) is 6.20 Å². The molecule has 0 radical (unpaired) electrons. The van der Waals surface area contributed by atoms with Gasteiger partial charge >= 0.3 is 5.97 Å². The third-order valence-electron chi connectivity index (χ3n) is 1.88. The van der Waals surface area contributed by atoms with Crippen molar-refractivity contribution in [2.75, 3.05) is 0 Å². The van der Waals surface area contributed by atoms with Crippen LogP contribution in [0.2, 0.25) is 0 Å². The van der Waals surface area contributed by atoms with Crippen LogP contribution in [-0.2, 0) is 4.79 Å². The lowest BCUT2D eigenvalue weighted by atomic mass is 10.00. The molecule has 5 nitrogen and oxygen atoms in total. The van der Waals surface area contributed by atoms with Crippen molar-refractivity contribution in [3.05, 3.63) is 15.7 Å². The van der Waals surface area contributed by atoms with Crippen LogP contribution >= 0.6 is 22.6 Å². The van der Waals surface area contributed by atoms with Gasteiger partial charge in [0.15, 0.2) is 0 Å². The predicted molar refractivity (Wildman–Crippen MR) is 59.7 cm³/mol. The summed E-state index contributed by atoms with van der Waals surface area (Å²) in [6, 6.07) is 0. The number of nitrogens with one attached hydrogen (secondary N) is 2. The molecule has 0 bridgehead atoms. The molecule has 0 aromatic carbocycles. The van der Waals surface area contributed by atoms with Crippen LogP contribution < -0.4 is 0 Å². The third kappa shape index (κ3) is 2.31. The fraction of sp³-hybridized carbons (Fsp3) is 0.375. The van der Waals surface area contributed by atoms with Crippen molar-refractivity contribution in [2.24, 2.45) is 0 Å². The Hall–Kier alpha value is -0.920. The van der Waals surface area contributed by atoms with Crippen LogP contribution in [0.5, 0.6) is 0 Å². The average Bonchev–Trinajstić information content (AvgIpc) is 2.53. The Bertz CT molecular complexity index is 361. The van der Waals surface area contributed by atoms with E-state index >= 15 is 0 Å². The first-order valence-electron chi connectivity index (χ1n) is 4.08. The van der Waals surface area contributed by atoms with Gasteiger partial charge < -0.3 is 10.1 Å². The maximum atomic E-state index is 10.6. The molecule has 1 rings (SSSR count). The molecule has 0 aliphatic rings. The molecule has 6 heteroatoms. The molecule has 14 heavy (non-hydrogen) atoms. The Morgan fingerprint density at radius 1 is 1.86 bits per heavy atom. The van der Waals surface area contributed by atoms with Crippen molar-refractivity contribution in [1.29, 1.82) is 5.41 Å². The van der Waals surface area contributed by atoms with Crippen molar-refractivity contribution >= 4 is 34.3 Å². The van der Waals surface area contributed by atoms with E-state index in [4.69, 9.17) is 10.5 Å². The summed E-state index contributed by atoms with van der Waals surface area (Å²) < 4.78 is 0.842. The maximum Gasteiger partial charge on any atom is 0.350 e. The predicted octanol–water partition coefficient (Wildman–Crippen LogP) is 1.61. The van der Waals surface area contributed by atoms with Gasteiger partial charge in [0.25, 0.3) is 0 Å². The second-order valence-electron chi connectivity index (χ2n) is 2.80. The third-order valence-corrected chi connectivity index (χ3v) is 2.43. The number of aromatic amines is 1. The minimum Gasteiger partial charge on any atom is -0.477 e. The number of hydrogen-bond acceptors (Lipinski definition) is 3. The summed E-state index contributed by atoms with van der Waals surface area (Å²) >= 11 is 2.06. The smallest absolute Gasteiger partial charge is 0.350 e. The van der Waals surface area contributed by atoms with Gasteiger partial charge in [-0.1, -0.05) is 6.92 Å². The zero-order valence-electron chi connectivity index (χ0n) is 7.54. The van der Waals surface area contributed by atoms with Crippen LogP contribution in [0.1, 0.15) is 25.1 Å². The van der Waals surface area contributed by atoms with E-state index in [0.29, 0.717) is 12.2 Å². The van der Waals surface area contributed by atoms with Gasteiger partial charge in [-0.25, -0.2) is 9.78 Å². The molecule has 0 fully saturated rings. The van der Waals surface area contributed by atoms with E-state index in [9.17, 15) is 4.79 Å². The van der Waals surface area contributed by atoms with Crippen molar-refractivity contribution in [3.63, 3.8) is 0 Å². The van der Waals surface area contributed by atoms with Crippen LogP contribution in [0.4, 0.5) is 0 Å². The summed E-state index contributed by atoms with van der Waals surface area (Å²) in [7, 11) is 0. The molecule has 1 aromatic heterocycles. The van der Waals surface area contributed by atoms with Gasteiger partial charge in [-0.05, 0) is 29.0 Å². The molecular formula is C8H10IN3O2. The number of imidazole rings is 1. The molecule has 0 saturated heterocycles. The summed E-state index contributed by atoms with van der Waals surface area (Å²) in [6.07, 6.45) is 2.17. The molecule has 0 saturated carbocycles. The quantitative estimate of drug-likeness (QED) is 0.583. The number of carbonyl (C=O) groups is 1. The molecule has 0 unspecified atom stereocenters. The maximum absolute atomic E-state index is 10.6. The topological polar surface area (TPSA) is 89.8 Å². The van der Waals surface area contributed by atoms with E-state index in [0.717, 1.165) is 3.70 Å². The van der Waals surface area contributed by atoms with Crippen LogP contribution in [0, 0.1) is 9.11 Å². The SMILES string of the molecule is CC[C@@H](C(=N)C(=O)O)c1ncc(I)[nH]1. The first-order valence-corrected chi connectivity index (χ1v) is 5.16. The average molecular weight is 307 g/mol.